The highest BCUT2D eigenvalue weighted by Gasteiger charge is 2.16. The summed E-state index contributed by atoms with van der Waals surface area (Å²) >= 11 is 0. The van der Waals surface area contributed by atoms with Gasteiger partial charge in [-0.2, -0.15) is 0 Å². The molecule has 0 aromatic heterocycles. The van der Waals surface area contributed by atoms with Crippen LogP contribution in [0.4, 0.5) is 9.59 Å². The Bertz CT molecular complexity index is 366. The van der Waals surface area contributed by atoms with Gasteiger partial charge in [0.05, 0.1) is 7.11 Å². The van der Waals surface area contributed by atoms with Gasteiger partial charge in [-0.05, 0) is 5.56 Å². The zero-order valence-corrected chi connectivity index (χ0v) is 8.64. The number of ether oxygens (including phenoxy) is 1. The fourth-order valence-corrected chi connectivity index (χ4v) is 1.15. The van der Waals surface area contributed by atoms with Crippen LogP contribution in [0.25, 0.3) is 0 Å². The molecule has 1 atom stereocenters. The van der Waals surface area contributed by atoms with Crippen molar-refractivity contribution in [1.29, 1.82) is 0 Å². The summed E-state index contributed by atoms with van der Waals surface area (Å²) < 4.78 is 4.40. The van der Waals surface area contributed by atoms with Gasteiger partial charge in [0, 0.05) is 0 Å². The van der Waals surface area contributed by atoms with Gasteiger partial charge in [0.1, 0.15) is 6.17 Å². The topological polar surface area (TPSA) is 87.7 Å². The van der Waals surface area contributed by atoms with E-state index in [0.29, 0.717) is 5.56 Å². The van der Waals surface area contributed by atoms with Crippen LogP contribution in [-0.2, 0) is 4.74 Å². The van der Waals surface area contributed by atoms with Gasteiger partial charge in [0.2, 0.25) is 0 Å². The van der Waals surface area contributed by atoms with E-state index in [0.717, 1.165) is 0 Å². The van der Waals surface area contributed by atoms with Crippen molar-refractivity contribution in [2.24, 2.45) is 0 Å². The molecule has 86 valence electrons. The molecule has 1 unspecified atom stereocenters. The van der Waals surface area contributed by atoms with Crippen LogP contribution in [-0.4, -0.2) is 24.4 Å². The summed E-state index contributed by atoms with van der Waals surface area (Å²) in [7, 11) is 1.21. The number of alkyl carbamates (subject to hydrolysis) is 1. The Balaban J connectivity index is 2.79. The second kappa shape index (κ2) is 5.59. The molecule has 0 radical (unpaired) electrons. The van der Waals surface area contributed by atoms with E-state index < -0.39 is 18.4 Å². The van der Waals surface area contributed by atoms with Gasteiger partial charge < -0.3 is 9.84 Å². The molecular formula is C10H12N2O4. The second-order valence-electron chi connectivity index (χ2n) is 2.93. The third-order valence-electron chi connectivity index (χ3n) is 1.85. The molecular weight excluding hydrogens is 212 g/mol. The third-order valence-corrected chi connectivity index (χ3v) is 1.85. The van der Waals surface area contributed by atoms with Gasteiger partial charge in [-0.3, -0.25) is 10.6 Å². The van der Waals surface area contributed by atoms with Crippen LogP contribution >= 0.6 is 0 Å². The zero-order chi connectivity index (χ0) is 12.0. The number of methoxy groups -OCH3 is 1. The lowest BCUT2D eigenvalue weighted by Gasteiger charge is -2.17. The molecule has 6 heteroatoms. The first-order valence-electron chi connectivity index (χ1n) is 4.52. The molecule has 0 spiro atoms. The number of benzene rings is 1. The van der Waals surface area contributed by atoms with E-state index in [1.54, 1.807) is 30.3 Å². The normalized spacial score (nSPS) is 11.3. The fraction of sp³-hybridized carbons (Fsp3) is 0.200. The Morgan fingerprint density at radius 3 is 2.38 bits per heavy atom. The van der Waals surface area contributed by atoms with Gasteiger partial charge in [-0.25, -0.2) is 9.59 Å². The molecule has 0 saturated carbocycles. The summed E-state index contributed by atoms with van der Waals surface area (Å²) in [6.45, 7) is 0. The van der Waals surface area contributed by atoms with Crippen LogP contribution in [0.3, 0.4) is 0 Å². The first kappa shape index (κ1) is 11.8. The van der Waals surface area contributed by atoms with E-state index in [1.807, 2.05) is 0 Å². The predicted octanol–water partition coefficient (Wildman–Crippen LogP) is 1.31. The number of rotatable bonds is 3. The molecule has 0 fully saturated rings. The van der Waals surface area contributed by atoms with Crippen molar-refractivity contribution in [3.05, 3.63) is 35.9 Å². The first-order valence-corrected chi connectivity index (χ1v) is 4.52. The summed E-state index contributed by atoms with van der Waals surface area (Å²) in [4.78, 5) is 21.6. The highest BCUT2D eigenvalue weighted by molar-refractivity contribution is 5.70. The van der Waals surface area contributed by atoms with Gasteiger partial charge in [-0.15, -0.1) is 0 Å². The largest absolute Gasteiger partial charge is 0.465 e. The Hall–Kier alpha value is -2.24. The molecule has 3 N–H and O–H groups in total. The highest BCUT2D eigenvalue weighted by atomic mass is 16.5. The quantitative estimate of drug-likeness (QED) is 0.675. The molecule has 2 amide bonds. The maximum absolute atomic E-state index is 11.0. The average Bonchev–Trinajstić information content (AvgIpc) is 2.28. The molecule has 16 heavy (non-hydrogen) atoms. The standard InChI is InChI=1S/C10H12N2O4/c1-16-10(15)12-8(11-9(13)14)7-5-3-2-4-6-7/h2-6,8,11H,1H3,(H,12,15)(H,13,14). The van der Waals surface area contributed by atoms with Crippen LogP contribution in [0.15, 0.2) is 30.3 Å². The maximum Gasteiger partial charge on any atom is 0.408 e. The predicted molar refractivity (Wildman–Crippen MR) is 55.9 cm³/mol. The molecule has 0 heterocycles. The van der Waals surface area contributed by atoms with E-state index in [1.165, 1.54) is 7.11 Å². The smallest absolute Gasteiger partial charge is 0.408 e. The number of carboxylic acid groups (broad SMARTS) is 1. The van der Waals surface area contributed by atoms with Gasteiger partial charge >= 0.3 is 12.2 Å². The molecule has 1 aromatic rings. The van der Waals surface area contributed by atoms with E-state index >= 15 is 0 Å². The number of nitrogens with one attached hydrogen (secondary N) is 2. The van der Waals surface area contributed by atoms with Crippen molar-refractivity contribution in [2.45, 2.75) is 6.17 Å². The fourth-order valence-electron chi connectivity index (χ4n) is 1.15. The zero-order valence-electron chi connectivity index (χ0n) is 8.64. The Morgan fingerprint density at radius 2 is 1.88 bits per heavy atom. The lowest BCUT2D eigenvalue weighted by Crippen LogP contribution is -2.40. The number of carbonyl (C=O) groups is 2. The Labute approximate surface area is 92.2 Å². The average molecular weight is 224 g/mol. The lowest BCUT2D eigenvalue weighted by atomic mass is 10.2. The van der Waals surface area contributed by atoms with E-state index in [9.17, 15) is 9.59 Å². The Morgan fingerprint density at radius 1 is 1.25 bits per heavy atom. The molecule has 0 aliphatic rings. The van der Waals surface area contributed by atoms with E-state index in [2.05, 4.69) is 15.4 Å². The van der Waals surface area contributed by atoms with Gasteiger partial charge in [0.15, 0.2) is 0 Å². The van der Waals surface area contributed by atoms with Crippen LogP contribution in [0, 0.1) is 0 Å². The lowest BCUT2D eigenvalue weighted by molar-refractivity contribution is 0.160. The summed E-state index contributed by atoms with van der Waals surface area (Å²) in [5.41, 5.74) is 0.621. The number of hydrogen-bond donors (Lipinski definition) is 3. The molecule has 1 rings (SSSR count). The van der Waals surface area contributed by atoms with Crippen LogP contribution < -0.4 is 10.6 Å². The maximum atomic E-state index is 11.0. The molecule has 1 aromatic carbocycles. The summed E-state index contributed by atoms with van der Waals surface area (Å²) in [6.07, 6.45) is -2.76. The monoisotopic (exact) mass is 224 g/mol. The molecule has 6 nitrogen and oxygen atoms in total. The molecule has 0 aliphatic carbocycles. The first-order chi connectivity index (χ1) is 7.63. The van der Waals surface area contributed by atoms with Crippen molar-refractivity contribution in [3.63, 3.8) is 0 Å². The third kappa shape index (κ3) is 3.49. The van der Waals surface area contributed by atoms with Crippen LogP contribution in [0.1, 0.15) is 11.7 Å². The summed E-state index contributed by atoms with van der Waals surface area (Å²) in [5, 5.41) is 13.2. The van der Waals surface area contributed by atoms with Crippen molar-refractivity contribution in [1.82, 2.24) is 10.6 Å². The Kier molecular flexibility index (Phi) is 4.14. The van der Waals surface area contributed by atoms with Crippen LogP contribution in [0.2, 0.25) is 0 Å². The number of carbonyl (C=O) groups excluding carboxylic acids is 1. The van der Waals surface area contributed by atoms with Gasteiger partial charge in [-0.1, -0.05) is 30.3 Å². The highest BCUT2D eigenvalue weighted by Crippen LogP contribution is 2.09. The summed E-state index contributed by atoms with van der Waals surface area (Å²) in [6, 6.07) is 8.65. The van der Waals surface area contributed by atoms with E-state index in [4.69, 9.17) is 5.11 Å². The molecule has 0 bridgehead atoms. The van der Waals surface area contributed by atoms with Crippen molar-refractivity contribution < 1.29 is 19.4 Å². The van der Waals surface area contributed by atoms with Crippen molar-refractivity contribution in [2.75, 3.05) is 7.11 Å². The van der Waals surface area contributed by atoms with Crippen LogP contribution in [0.5, 0.6) is 0 Å². The minimum Gasteiger partial charge on any atom is -0.465 e. The minimum atomic E-state index is -1.23. The SMILES string of the molecule is COC(=O)NC(NC(=O)O)c1ccccc1. The minimum absolute atomic E-state index is 0.621. The van der Waals surface area contributed by atoms with Crippen molar-refractivity contribution >= 4 is 12.2 Å². The molecule has 0 saturated heterocycles. The van der Waals surface area contributed by atoms with E-state index in [-0.39, 0.29) is 0 Å². The van der Waals surface area contributed by atoms with Crippen molar-refractivity contribution in [3.8, 4) is 0 Å². The van der Waals surface area contributed by atoms with Gasteiger partial charge in [0.25, 0.3) is 0 Å². The molecule has 0 aliphatic heterocycles. The summed E-state index contributed by atoms with van der Waals surface area (Å²) in [5.74, 6) is 0. The second-order valence-corrected chi connectivity index (χ2v) is 2.93. The number of hydrogen-bond acceptors (Lipinski definition) is 3. The number of amides is 2.